The molecule has 1 aromatic heterocycles. The van der Waals surface area contributed by atoms with Crippen LogP contribution >= 0.6 is 0 Å². The molecule has 1 heterocycles. The smallest absolute Gasteiger partial charge is 0.220 e. The third-order valence-corrected chi connectivity index (χ3v) is 5.06. The zero-order chi connectivity index (χ0) is 23.3. The first-order chi connectivity index (χ1) is 15.6. The Kier molecular flexibility index (Phi) is 10.2. The summed E-state index contributed by atoms with van der Waals surface area (Å²) in [7, 11) is 1.64. The number of benzene rings is 2. The van der Waals surface area contributed by atoms with Gasteiger partial charge in [-0.15, -0.1) is 0 Å². The van der Waals surface area contributed by atoms with Crippen LogP contribution in [0.15, 0.2) is 42.5 Å². The molecule has 3 rings (SSSR count). The number of hydrogen-bond acceptors (Lipinski definition) is 4. The van der Waals surface area contributed by atoms with E-state index in [2.05, 4.69) is 15.2 Å². The Bertz CT molecular complexity index is 1010. The molecule has 2 amide bonds. The normalized spacial score (nSPS) is 10.2. The van der Waals surface area contributed by atoms with Crippen molar-refractivity contribution < 1.29 is 14.3 Å². The highest BCUT2D eigenvalue weighted by molar-refractivity contribution is 5.80. The van der Waals surface area contributed by atoms with E-state index in [9.17, 15) is 9.59 Å². The van der Waals surface area contributed by atoms with Crippen LogP contribution in [0.5, 0.6) is 5.75 Å². The van der Waals surface area contributed by atoms with Gasteiger partial charge in [0.15, 0.2) is 0 Å². The van der Waals surface area contributed by atoms with Crippen LogP contribution in [0.2, 0.25) is 0 Å². The van der Waals surface area contributed by atoms with Gasteiger partial charge >= 0.3 is 0 Å². The molecule has 0 bridgehead atoms. The van der Waals surface area contributed by atoms with E-state index in [4.69, 9.17) is 9.72 Å². The first-order valence-corrected chi connectivity index (χ1v) is 11.1. The first kappa shape index (κ1) is 24.9. The average molecular weight is 439 g/mol. The van der Waals surface area contributed by atoms with Gasteiger partial charge in [0.25, 0.3) is 0 Å². The summed E-state index contributed by atoms with van der Waals surface area (Å²) in [6.45, 7) is 7.75. The molecule has 0 unspecified atom stereocenters. The molecule has 0 aliphatic heterocycles. The van der Waals surface area contributed by atoms with Gasteiger partial charge in [0.2, 0.25) is 12.3 Å². The molecule has 7 nitrogen and oxygen atoms in total. The molecule has 0 saturated heterocycles. The lowest BCUT2D eigenvalue weighted by molar-refractivity contribution is -0.121. The van der Waals surface area contributed by atoms with Crippen molar-refractivity contribution in [1.82, 2.24) is 20.2 Å². The van der Waals surface area contributed by atoms with E-state index in [1.807, 2.05) is 63.2 Å². The molecule has 2 N–H and O–H groups in total. The molecule has 172 valence electrons. The van der Waals surface area contributed by atoms with Crippen molar-refractivity contribution >= 4 is 23.4 Å². The minimum absolute atomic E-state index is 0.000703. The summed E-state index contributed by atoms with van der Waals surface area (Å²) in [4.78, 5) is 27.7. The summed E-state index contributed by atoms with van der Waals surface area (Å²) < 4.78 is 7.33. The average Bonchev–Trinajstić information content (AvgIpc) is 3.18. The molecule has 0 radical (unpaired) electrons. The number of carbonyl (C=O) groups is 2. The summed E-state index contributed by atoms with van der Waals surface area (Å²) in [6.07, 6.45) is 2.35. The highest BCUT2D eigenvalue weighted by Crippen LogP contribution is 2.21. The van der Waals surface area contributed by atoms with E-state index in [1.165, 1.54) is 0 Å². The van der Waals surface area contributed by atoms with Gasteiger partial charge in [-0.3, -0.25) is 9.59 Å². The third-order valence-electron chi connectivity index (χ3n) is 5.06. The van der Waals surface area contributed by atoms with Crippen molar-refractivity contribution in [2.24, 2.45) is 0 Å². The summed E-state index contributed by atoms with van der Waals surface area (Å²) in [6, 6.07) is 13.8. The highest BCUT2D eigenvalue weighted by atomic mass is 16.5. The van der Waals surface area contributed by atoms with Gasteiger partial charge in [-0.05, 0) is 42.7 Å². The van der Waals surface area contributed by atoms with Crippen LogP contribution in [0, 0.1) is 6.92 Å². The summed E-state index contributed by atoms with van der Waals surface area (Å²) in [5.74, 6) is 1.67. The number of para-hydroxylation sites is 1. The molecule has 0 aliphatic rings. The number of hydrogen-bond donors (Lipinski definition) is 2. The maximum Gasteiger partial charge on any atom is 0.220 e. The third kappa shape index (κ3) is 6.83. The fourth-order valence-electron chi connectivity index (χ4n) is 3.57. The number of nitrogens with zero attached hydrogens (tertiary/aromatic N) is 2. The van der Waals surface area contributed by atoms with E-state index >= 15 is 0 Å². The molecule has 7 heteroatoms. The Morgan fingerprint density at radius 1 is 1.12 bits per heavy atom. The molecule has 2 aromatic carbocycles. The molecule has 0 atom stereocenters. The Morgan fingerprint density at radius 2 is 1.91 bits per heavy atom. The fourth-order valence-corrected chi connectivity index (χ4v) is 3.57. The maximum atomic E-state index is 12.4. The van der Waals surface area contributed by atoms with E-state index < -0.39 is 0 Å². The van der Waals surface area contributed by atoms with Crippen molar-refractivity contribution in [3.63, 3.8) is 0 Å². The van der Waals surface area contributed by atoms with Crippen LogP contribution in [0.3, 0.4) is 0 Å². The van der Waals surface area contributed by atoms with E-state index in [0.29, 0.717) is 38.9 Å². The lowest BCUT2D eigenvalue weighted by atomic mass is 10.1. The predicted molar refractivity (Wildman–Crippen MR) is 128 cm³/mol. The van der Waals surface area contributed by atoms with Crippen molar-refractivity contribution in [3.05, 3.63) is 59.4 Å². The van der Waals surface area contributed by atoms with Crippen LogP contribution in [0.25, 0.3) is 11.0 Å². The molecular weight excluding hydrogens is 404 g/mol. The van der Waals surface area contributed by atoms with Crippen LogP contribution in [-0.2, 0) is 29.0 Å². The summed E-state index contributed by atoms with van der Waals surface area (Å²) in [5, 5.41) is 5.68. The minimum atomic E-state index is -0.000703. The largest absolute Gasteiger partial charge is 0.497 e. The zero-order valence-corrected chi connectivity index (χ0v) is 19.5. The SMILES string of the molecule is CC.COc1cccc(CCNC(=O)CCc2nc3cccc(C)c3n2CCNC=O)c1. The quantitative estimate of drug-likeness (QED) is 0.355. The standard InChI is InChI=1S/C23H28N4O3.C2H6/c1-17-5-3-8-20-23(17)27(14-13-24-16-28)21(26-20)9-10-22(29)25-12-11-18-6-4-7-19(15-18)30-2;1-2/h3-8,15-16H,9-14H2,1-2H3,(H,24,28)(H,25,29);1-2H3. The number of aryl methyl sites for hydroxylation is 2. The second kappa shape index (κ2) is 13.1. The predicted octanol–water partition coefficient (Wildman–Crippen LogP) is 3.42. The number of methoxy groups -OCH3 is 1. The molecule has 0 saturated carbocycles. The minimum Gasteiger partial charge on any atom is -0.497 e. The number of imidazole rings is 1. The number of aromatic nitrogens is 2. The van der Waals surface area contributed by atoms with E-state index in [-0.39, 0.29) is 5.91 Å². The number of nitrogens with one attached hydrogen (secondary N) is 2. The number of carbonyl (C=O) groups excluding carboxylic acids is 2. The molecule has 0 aliphatic carbocycles. The summed E-state index contributed by atoms with van der Waals surface area (Å²) >= 11 is 0. The lowest BCUT2D eigenvalue weighted by Gasteiger charge is -2.10. The van der Waals surface area contributed by atoms with Crippen LogP contribution in [-0.4, -0.2) is 42.1 Å². The Balaban J connectivity index is 0.00000176. The lowest BCUT2D eigenvalue weighted by Crippen LogP contribution is -2.26. The molecule has 0 fully saturated rings. The van der Waals surface area contributed by atoms with Crippen LogP contribution in [0.4, 0.5) is 0 Å². The number of ether oxygens (including phenoxy) is 1. The Morgan fingerprint density at radius 3 is 2.66 bits per heavy atom. The van der Waals surface area contributed by atoms with Crippen molar-refractivity contribution in [3.8, 4) is 5.75 Å². The molecular formula is C25H34N4O3. The first-order valence-electron chi connectivity index (χ1n) is 11.1. The van der Waals surface area contributed by atoms with E-state index in [0.717, 1.165) is 40.2 Å². The number of amides is 2. The second-order valence-corrected chi connectivity index (χ2v) is 7.15. The van der Waals surface area contributed by atoms with Gasteiger partial charge in [-0.25, -0.2) is 4.98 Å². The van der Waals surface area contributed by atoms with Crippen molar-refractivity contribution in [2.75, 3.05) is 20.2 Å². The van der Waals surface area contributed by atoms with E-state index in [1.54, 1.807) is 7.11 Å². The van der Waals surface area contributed by atoms with Crippen LogP contribution < -0.4 is 15.4 Å². The van der Waals surface area contributed by atoms with Gasteiger partial charge in [-0.2, -0.15) is 0 Å². The van der Waals surface area contributed by atoms with Gasteiger partial charge in [-0.1, -0.05) is 38.1 Å². The Hall–Kier alpha value is -3.35. The van der Waals surface area contributed by atoms with Gasteiger partial charge in [0.1, 0.15) is 11.6 Å². The molecule has 0 spiro atoms. The number of rotatable bonds is 11. The van der Waals surface area contributed by atoms with Crippen molar-refractivity contribution in [1.29, 1.82) is 0 Å². The van der Waals surface area contributed by atoms with Gasteiger partial charge in [0.05, 0.1) is 18.1 Å². The van der Waals surface area contributed by atoms with Gasteiger partial charge in [0, 0.05) is 32.5 Å². The molecule has 3 aromatic rings. The fraction of sp³-hybridized carbons (Fsp3) is 0.400. The van der Waals surface area contributed by atoms with Gasteiger partial charge < -0.3 is 19.9 Å². The topological polar surface area (TPSA) is 85.2 Å². The Labute approximate surface area is 190 Å². The van der Waals surface area contributed by atoms with Crippen LogP contribution in [0.1, 0.15) is 37.2 Å². The van der Waals surface area contributed by atoms with Crippen molar-refractivity contribution in [2.45, 2.75) is 46.6 Å². The maximum absolute atomic E-state index is 12.4. The zero-order valence-electron chi connectivity index (χ0n) is 19.5. The molecule has 32 heavy (non-hydrogen) atoms. The summed E-state index contributed by atoms with van der Waals surface area (Å²) in [5.41, 5.74) is 4.21. The second-order valence-electron chi connectivity index (χ2n) is 7.15. The highest BCUT2D eigenvalue weighted by Gasteiger charge is 2.13. The monoisotopic (exact) mass is 438 g/mol. The number of fused-ring (bicyclic) bond motifs is 1.